The maximum atomic E-state index is 10.1. The topological polar surface area (TPSA) is 128 Å². The summed E-state index contributed by atoms with van der Waals surface area (Å²) in [5.41, 5.74) is 0. The molecule has 8 nitrogen and oxygen atoms in total. The Kier molecular flexibility index (Phi) is 5.34. The van der Waals surface area contributed by atoms with Crippen molar-refractivity contribution < 1.29 is 24.8 Å². The molecule has 1 aromatic heterocycles. The van der Waals surface area contributed by atoms with Crippen molar-refractivity contribution in [3.8, 4) is 6.07 Å². The van der Waals surface area contributed by atoms with Crippen molar-refractivity contribution in [3.63, 3.8) is 0 Å². The zero-order valence-corrected chi connectivity index (χ0v) is 12.5. The lowest BCUT2D eigenvalue weighted by Gasteiger charge is -2.41. The molecular weight excluding hydrogens is 322 g/mol. The Labute approximate surface area is 129 Å². The van der Waals surface area contributed by atoms with Crippen LogP contribution in [0.4, 0.5) is 5.13 Å². The summed E-state index contributed by atoms with van der Waals surface area (Å²) >= 11 is 6.78. The number of hydrogen-bond donors (Lipinski definition) is 4. The highest BCUT2D eigenvalue weighted by atomic mass is 35.5. The zero-order valence-electron chi connectivity index (χ0n) is 10.9. The van der Waals surface area contributed by atoms with Gasteiger partial charge in [-0.1, -0.05) is 22.9 Å². The Morgan fingerprint density at radius 1 is 1.52 bits per heavy atom. The molecule has 0 bridgehead atoms. The van der Waals surface area contributed by atoms with E-state index in [-0.39, 0.29) is 10.0 Å². The molecule has 0 unspecified atom stereocenters. The normalized spacial score (nSPS) is 32.7. The Bertz CT molecular complexity index is 534. The summed E-state index contributed by atoms with van der Waals surface area (Å²) in [6.07, 6.45) is -4.40. The van der Waals surface area contributed by atoms with E-state index in [2.05, 4.69) is 10.3 Å². The average Bonchev–Trinajstić information content (AvgIpc) is 2.84. The largest absolute Gasteiger partial charge is 0.394 e. The number of nitrogens with one attached hydrogen (secondary N) is 1. The van der Waals surface area contributed by atoms with Gasteiger partial charge in [-0.25, -0.2) is 4.98 Å². The summed E-state index contributed by atoms with van der Waals surface area (Å²) in [6.45, 7) is -0.452. The molecule has 4 N–H and O–H groups in total. The summed E-state index contributed by atoms with van der Waals surface area (Å²) in [6, 6.07) is 1.06. The number of rotatable bonds is 4. The first-order valence-corrected chi connectivity index (χ1v) is 7.19. The number of methoxy groups -OCH3 is 1. The first-order valence-electron chi connectivity index (χ1n) is 6.00. The van der Waals surface area contributed by atoms with E-state index in [1.807, 2.05) is 6.07 Å². The van der Waals surface area contributed by atoms with Crippen LogP contribution in [0.25, 0.3) is 0 Å². The fourth-order valence-electron chi connectivity index (χ4n) is 2.01. The minimum Gasteiger partial charge on any atom is -0.394 e. The highest BCUT2D eigenvalue weighted by Gasteiger charge is 2.44. The van der Waals surface area contributed by atoms with Gasteiger partial charge in [-0.15, -0.1) is 0 Å². The molecule has 1 saturated heterocycles. The predicted molar refractivity (Wildman–Crippen MR) is 74.0 cm³/mol. The van der Waals surface area contributed by atoms with E-state index in [1.54, 1.807) is 0 Å². The molecule has 0 aromatic carbocycles. The molecule has 0 aliphatic carbocycles. The molecule has 0 amide bonds. The Hall–Kier alpha value is -0.990. The number of aliphatic hydroxyl groups excluding tert-OH is 3. The number of halogens is 1. The Morgan fingerprint density at radius 2 is 2.24 bits per heavy atom. The molecule has 2 rings (SSSR count). The Balaban J connectivity index is 2.18. The van der Waals surface area contributed by atoms with Crippen molar-refractivity contribution >= 4 is 28.1 Å². The molecule has 1 aliphatic rings. The summed E-state index contributed by atoms with van der Waals surface area (Å²) in [7, 11) is 1.37. The lowest BCUT2D eigenvalue weighted by Crippen LogP contribution is -2.61. The van der Waals surface area contributed by atoms with Crippen molar-refractivity contribution in [3.05, 3.63) is 10.0 Å². The van der Waals surface area contributed by atoms with Crippen LogP contribution in [0.2, 0.25) is 5.15 Å². The molecule has 1 aliphatic heterocycles. The van der Waals surface area contributed by atoms with Crippen molar-refractivity contribution in [2.45, 2.75) is 30.6 Å². The molecule has 1 fully saturated rings. The molecular formula is C11H14ClN3O5S. The van der Waals surface area contributed by atoms with Crippen LogP contribution in [-0.2, 0) is 9.47 Å². The monoisotopic (exact) mass is 335 g/mol. The van der Waals surface area contributed by atoms with E-state index >= 15 is 0 Å². The van der Waals surface area contributed by atoms with E-state index in [4.69, 9.17) is 31.4 Å². The lowest BCUT2D eigenvalue weighted by molar-refractivity contribution is -0.254. The Morgan fingerprint density at radius 3 is 2.76 bits per heavy atom. The number of thiazole rings is 1. The molecule has 2 heterocycles. The van der Waals surface area contributed by atoms with Crippen LogP contribution in [0.1, 0.15) is 4.88 Å². The minimum atomic E-state index is -1.29. The van der Waals surface area contributed by atoms with Gasteiger partial charge in [0, 0.05) is 7.11 Å². The van der Waals surface area contributed by atoms with E-state index in [9.17, 15) is 10.2 Å². The molecule has 10 heteroatoms. The molecule has 5 atom stereocenters. The van der Waals surface area contributed by atoms with Crippen molar-refractivity contribution in [1.29, 1.82) is 5.26 Å². The smallest absolute Gasteiger partial charge is 0.185 e. The van der Waals surface area contributed by atoms with Gasteiger partial charge in [0.25, 0.3) is 0 Å². The second kappa shape index (κ2) is 6.85. The average molecular weight is 336 g/mol. The lowest BCUT2D eigenvalue weighted by atomic mass is 9.97. The molecule has 0 saturated carbocycles. The minimum absolute atomic E-state index is 0.0546. The van der Waals surface area contributed by atoms with Gasteiger partial charge in [0.1, 0.15) is 35.3 Å². The summed E-state index contributed by atoms with van der Waals surface area (Å²) < 4.78 is 10.5. The first kappa shape index (κ1) is 16.4. The van der Waals surface area contributed by atoms with Gasteiger partial charge in [-0.05, 0) is 0 Å². The van der Waals surface area contributed by atoms with Gasteiger partial charge in [-0.2, -0.15) is 5.26 Å². The van der Waals surface area contributed by atoms with Crippen LogP contribution in [0, 0.1) is 11.3 Å². The molecule has 0 spiro atoms. The van der Waals surface area contributed by atoms with Crippen molar-refractivity contribution in [1.82, 2.24) is 4.98 Å². The molecule has 21 heavy (non-hydrogen) atoms. The third-order valence-electron chi connectivity index (χ3n) is 3.09. The number of nitriles is 1. The van der Waals surface area contributed by atoms with Crippen LogP contribution in [0.5, 0.6) is 0 Å². The predicted octanol–water partition coefficient (Wildman–Crippen LogP) is -0.466. The first-order chi connectivity index (χ1) is 10.0. The van der Waals surface area contributed by atoms with Gasteiger partial charge in [-0.3, -0.25) is 0 Å². The number of hydrogen-bond acceptors (Lipinski definition) is 9. The molecule has 116 valence electrons. The summed E-state index contributed by atoms with van der Waals surface area (Å²) in [5.74, 6) is 0. The number of aromatic nitrogens is 1. The summed E-state index contributed by atoms with van der Waals surface area (Å²) in [4.78, 5) is 4.17. The number of ether oxygens (including phenoxy) is 2. The SMILES string of the molecule is CO[C@H]1O[C@H](CO)[C@H](O)[C@H](O)[C@H]1Nc1nc(Cl)c(C#N)s1. The van der Waals surface area contributed by atoms with Crippen LogP contribution in [0.3, 0.4) is 0 Å². The van der Waals surface area contributed by atoms with Crippen molar-refractivity contribution in [2.24, 2.45) is 0 Å². The van der Waals surface area contributed by atoms with Gasteiger partial charge >= 0.3 is 0 Å². The second-order valence-electron chi connectivity index (χ2n) is 4.36. The highest BCUT2D eigenvalue weighted by molar-refractivity contribution is 7.16. The fourth-order valence-corrected chi connectivity index (χ4v) is 3.01. The van der Waals surface area contributed by atoms with Crippen LogP contribution < -0.4 is 5.32 Å². The highest BCUT2D eigenvalue weighted by Crippen LogP contribution is 2.30. The number of nitrogens with zero attached hydrogens (tertiary/aromatic N) is 2. The van der Waals surface area contributed by atoms with E-state index in [1.165, 1.54) is 7.11 Å². The number of aliphatic hydroxyl groups is 3. The van der Waals surface area contributed by atoms with Crippen LogP contribution >= 0.6 is 22.9 Å². The number of anilines is 1. The standard InChI is InChI=1S/C11H14ClN3O5S/c1-19-10-6(8(18)7(17)4(3-16)20-10)14-11-15-9(12)5(2-13)21-11/h4,6-8,10,16-18H,3H2,1H3,(H,14,15)/t4-,6-,7+,8-,10+/m1/s1. The maximum Gasteiger partial charge on any atom is 0.185 e. The van der Waals surface area contributed by atoms with Gasteiger partial charge < -0.3 is 30.1 Å². The van der Waals surface area contributed by atoms with E-state index in [0.29, 0.717) is 5.13 Å². The van der Waals surface area contributed by atoms with Gasteiger partial charge in [0.15, 0.2) is 16.6 Å². The third-order valence-corrected chi connectivity index (χ3v) is 4.37. The van der Waals surface area contributed by atoms with E-state index in [0.717, 1.165) is 11.3 Å². The van der Waals surface area contributed by atoms with Crippen LogP contribution in [-0.4, -0.2) is 64.7 Å². The summed E-state index contributed by atoms with van der Waals surface area (Å²) in [5, 5.41) is 41.1. The zero-order chi connectivity index (χ0) is 15.6. The van der Waals surface area contributed by atoms with Gasteiger partial charge in [0.2, 0.25) is 0 Å². The third kappa shape index (κ3) is 3.27. The van der Waals surface area contributed by atoms with Crippen LogP contribution in [0.15, 0.2) is 0 Å². The van der Waals surface area contributed by atoms with Crippen molar-refractivity contribution in [2.75, 3.05) is 19.0 Å². The molecule has 0 radical (unpaired) electrons. The molecule has 1 aromatic rings. The van der Waals surface area contributed by atoms with E-state index < -0.39 is 37.3 Å². The maximum absolute atomic E-state index is 10.1. The quantitative estimate of drug-likeness (QED) is 0.581. The second-order valence-corrected chi connectivity index (χ2v) is 5.72. The van der Waals surface area contributed by atoms with Gasteiger partial charge in [0.05, 0.1) is 6.61 Å². The fraction of sp³-hybridized carbons (Fsp3) is 0.636.